The maximum atomic E-state index is 6.05. The Kier molecular flexibility index (Phi) is 2.85. The second-order valence-electron chi connectivity index (χ2n) is 4.91. The van der Waals surface area contributed by atoms with Crippen molar-refractivity contribution >= 4 is 22.5 Å². The summed E-state index contributed by atoms with van der Waals surface area (Å²) in [6.45, 7) is 3.55. The molecule has 0 unspecified atom stereocenters. The van der Waals surface area contributed by atoms with E-state index < -0.39 is 0 Å². The van der Waals surface area contributed by atoms with E-state index in [1.165, 1.54) is 42.4 Å². The summed E-state index contributed by atoms with van der Waals surface area (Å²) in [7, 11) is 2.09. The number of aryl methyl sites for hydroxylation is 1. The number of hydrogen-bond acceptors (Lipinski definition) is 1. The van der Waals surface area contributed by atoms with Crippen molar-refractivity contribution in [3.63, 3.8) is 0 Å². The lowest BCUT2D eigenvalue weighted by Gasteiger charge is -2.13. The first kappa shape index (κ1) is 11.1. The van der Waals surface area contributed by atoms with E-state index >= 15 is 0 Å². The average molecular weight is 249 g/mol. The van der Waals surface area contributed by atoms with Crippen LogP contribution in [0.15, 0.2) is 24.4 Å². The predicted molar refractivity (Wildman–Crippen MR) is 72.4 cm³/mol. The van der Waals surface area contributed by atoms with Gasteiger partial charge < -0.3 is 4.57 Å². The van der Waals surface area contributed by atoms with E-state index in [2.05, 4.69) is 28.8 Å². The summed E-state index contributed by atoms with van der Waals surface area (Å²) >= 11 is 6.05. The van der Waals surface area contributed by atoms with Crippen LogP contribution in [0, 0.1) is 0 Å². The first-order chi connectivity index (χ1) is 8.24. The zero-order valence-corrected chi connectivity index (χ0v) is 10.9. The number of benzene rings is 1. The fourth-order valence-electron chi connectivity index (χ4n) is 2.75. The standard InChI is InChI=1S/C14H17ClN2/c1-16-9-11(10-17-6-2-3-7-17)13-5-4-12(15)8-14(13)16/h4-5,8-9H,2-3,6-7,10H2,1H3. The van der Waals surface area contributed by atoms with Crippen molar-refractivity contribution in [2.75, 3.05) is 13.1 Å². The Bertz CT molecular complexity index is 538. The molecule has 90 valence electrons. The monoisotopic (exact) mass is 248 g/mol. The molecular formula is C14H17ClN2. The van der Waals surface area contributed by atoms with Crippen molar-refractivity contribution in [3.05, 3.63) is 35.0 Å². The molecule has 0 atom stereocenters. The summed E-state index contributed by atoms with van der Waals surface area (Å²) < 4.78 is 2.17. The molecule has 3 heteroatoms. The molecule has 2 heterocycles. The van der Waals surface area contributed by atoms with Gasteiger partial charge in [0.1, 0.15) is 0 Å². The minimum Gasteiger partial charge on any atom is -0.350 e. The maximum Gasteiger partial charge on any atom is 0.0495 e. The largest absolute Gasteiger partial charge is 0.350 e. The highest BCUT2D eigenvalue weighted by atomic mass is 35.5. The normalized spacial score (nSPS) is 17.1. The van der Waals surface area contributed by atoms with E-state index in [9.17, 15) is 0 Å². The highest BCUT2D eigenvalue weighted by molar-refractivity contribution is 6.31. The number of nitrogens with zero attached hydrogens (tertiary/aromatic N) is 2. The van der Waals surface area contributed by atoms with E-state index in [-0.39, 0.29) is 0 Å². The number of halogens is 1. The van der Waals surface area contributed by atoms with Crippen molar-refractivity contribution < 1.29 is 0 Å². The minimum atomic E-state index is 0.812. The molecule has 1 saturated heterocycles. The minimum absolute atomic E-state index is 0.812. The number of hydrogen-bond donors (Lipinski definition) is 0. The summed E-state index contributed by atoms with van der Waals surface area (Å²) in [5, 5.41) is 2.15. The Labute approximate surface area is 107 Å². The second kappa shape index (κ2) is 4.35. The first-order valence-electron chi connectivity index (χ1n) is 6.20. The van der Waals surface area contributed by atoms with Gasteiger partial charge in [0.15, 0.2) is 0 Å². The molecule has 0 aliphatic carbocycles. The van der Waals surface area contributed by atoms with Crippen molar-refractivity contribution in [3.8, 4) is 0 Å². The summed E-state index contributed by atoms with van der Waals surface area (Å²) in [6, 6.07) is 6.17. The highest BCUT2D eigenvalue weighted by Crippen LogP contribution is 2.25. The molecular weight excluding hydrogens is 232 g/mol. The summed E-state index contributed by atoms with van der Waals surface area (Å²) in [4.78, 5) is 2.53. The Morgan fingerprint density at radius 3 is 2.76 bits per heavy atom. The van der Waals surface area contributed by atoms with Crippen LogP contribution in [-0.2, 0) is 13.6 Å². The molecule has 1 aromatic heterocycles. The third-order valence-electron chi connectivity index (χ3n) is 3.63. The van der Waals surface area contributed by atoms with E-state index in [1.807, 2.05) is 12.1 Å². The third kappa shape index (κ3) is 2.07. The molecule has 0 radical (unpaired) electrons. The molecule has 1 aliphatic rings. The molecule has 2 nitrogen and oxygen atoms in total. The van der Waals surface area contributed by atoms with Gasteiger partial charge in [-0.15, -0.1) is 0 Å². The Hall–Kier alpha value is -0.990. The van der Waals surface area contributed by atoms with Gasteiger partial charge in [-0.1, -0.05) is 17.7 Å². The number of fused-ring (bicyclic) bond motifs is 1. The number of rotatable bonds is 2. The topological polar surface area (TPSA) is 8.17 Å². The first-order valence-corrected chi connectivity index (χ1v) is 6.57. The van der Waals surface area contributed by atoms with Crippen LogP contribution in [0.4, 0.5) is 0 Å². The fourth-order valence-corrected chi connectivity index (χ4v) is 2.91. The lowest BCUT2D eigenvalue weighted by molar-refractivity contribution is 0.332. The summed E-state index contributed by atoms with van der Waals surface area (Å²) in [5.74, 6) is 0. The average Bonchev–Trinajstić information content (AvgIpc) is 2.89. The molecule has 2 aromatic rings. The van der Waals surface area contributed by atoms with Gasteiger partial charge in [-0.05, 0) is 43.6 Å². The molecule has 17 heavy (non-hydrogen) atoms. The van der Waals surface area contributed by atoms with Crippen LogP contribution in [0.3, 0.4) is 0 Å². The molecule has 0 spiro atoms. The molecule has 1 aliphatic heterocycles. The molecule has 0 bridgehead atoms. The fraction of sp³-hybridized carbons (Fsp3) is 0.429. The Balaban J connectivity index is 1.98. The van der Waals surface area contributed by atoms with Crippen LogP contribution >= 0.6 is 11.6 Å². The molecule has 0 saturated carbocycles. The summed E-state index contributed by atoms with van der Waals surface area (Å²) in [6.07, 6.45) is 4.92. The van der Waals surface area contributed by atoms with Crippen LogP contribution in [0.2, 0.25) is 5.02 Å². The molecule has 3 rings (SSSR count). The van der Waals surface area contributed by atoms with Crippen LogP contribution < -0.4 is 0 Å². The molecule has 1 fully saturated rings. The van der Waals surface area contributed by atoms with E-state index in [1.54, 1.807) is 0 Å². The molecule has 0 N–H and O–H groups in total. The number of likely N-dealkylation sites (tertiary alicyclic amines) is 1. The van der Waals surface area contributed by atoms with Crippen molar-refractivity contribution in [1.82, 2.24) is 9.47 Å². The van der Waals surface area contributed by atoms with Gasteiger partial charge in [0.25, 0.3) is 0 Å². The van der Waals surface area contributed by atoms with Gasteiger partial charge in [-0.2, -0.15) is 0 Å². The Morgan fingerprint density at radius 2 is 2.00 bits per heavy atom. The number of aromatic nitrogens is 1. The van der Waals surface area contributed by atoms with E-state index in [4.69, 9.17) is 11.6 Å². The third-order valence-corrected chi connectivity index (χ3v) is 3.86. The predicted octanol–water partition coefficient (Wildman–Crippen LogP) is 3.43. The highest BCUT2D eigenvalue weighted by Gasteiger charge is 2.14. The molecule has 0 amide bonds. The van der Waals surface area contributed by atoms with Gasteiger partial charge in [-0.3, -0.25) is 4.90 Å². The zero-order valence-electron chi connectivity index (χ0n) is 10.1. The zero-order chi connectivity index (χ0) is 11.8. The van der Waals surface area contributed by atoms with Gasteiger partial charge in [0.05, 0.1) is 0 Å². The van der Waals surface area contributed by atoms with Gasteiger partial charge in [-0.25, -0.2) is 0 Å². The lowest BCUT2D eigenvalue weighted by Crippen LogP contribution is -2.18. The van der Waals surface area contributed by atoms with Crippen LogP contribution in [0.25, 0.3) is 10.9 Å². The lowest BCUT2D eigenvalue weighted by atomic mass is 10.1. The Morgan fingerprint density at radius 1 is 1.24 bits per heavy atom. The molecule has 1 aromatic carbocycles. The van der Waals surface area contributed by atoms with E-state index in [0.717, 1.165) is 11.6 Å². The van der Waals surface area contributed by atoms with Gasteiger partial charge in [0, 0.05) is 35.7 Å². The van der Waals surface area contributed by atoms with Gasteiger partial charge >= 0.3 is 0 Å². The van der Waals surface area contributed by atoms with Crippen molar-refractivity contribution in [1.29, 1.82) is 0 Å². The SMILES string of the molecule is Cn1cc(CN2CCCC2)c2ccc(Cl)cc21. The van der Waals surface area contributed by atoms with E-state index in [0.29, 0.717) is 0 Å². The smallest absolute Gasteiger partial charge is 0.0495 e. The van der Waals surface area contributed by atoms with Crippen LogP contribution in [0.5, 0.6) is 0 Å². The van der Waals surface area contributed by atoms with Crippen LogP contribution in [-0.4, -0.2) is 22.6 Å². The van der Waals surface area contributed by atoms with Crippen LogP contribution in [0.1, 0.15) is 18.4 Å². The quantitative estimate of drug-likeness (QED) is 0.791. The summed E-state index contributed by atoms with van der Waals surface area (Å²) in [5.41, 5.74) is 2.65. The van der Waals surface area contributed by atoms with Crippen molar-refractivity contribution in [2.45, 2.75) is 19.4 Å². The maximum absolute atomic E-state index is 6.05. The second-order valence-corrected chi connectivity index (χ2v) is 5.35. The van der Waals surface area contributed by atoms with Crippen molar-refractivity contribution in [2.24, 2.45) is 7.05 Å². The van der Waals surface area contributed by atoms with Gasteiger partial charge in [0.2, 0.25) is 0 Å².